The highest BCUT2D eigenvalue weighted by atomic mass is 16.5. The van der Waals surface area contributed by atoms with Crippen LogP contribution in [0.3, 0.4) is 0 Å². The number of carbonyl (C=O) groups is 2. The summed E-state index contributed by atoms with van der Waals surface area (Å²) in [6.07, 6.45) is 4.25. The average molecular weight is 318 g/mol. The summed E-state index contributed by atoms with van der Waals surface area (Å²) in [7, 11) is 0. The lowest BCUT2D eigenvalue weighted by Gasteiger charge is -2.27. The second-order valence-electron chi connectivity index (χ2n) is 6.30. The molecule has 5 heteroatoms. The maximum absolute atomic E-state index is 12.4. The van der Waals surface area contributed by atoms with E-state index in [0.717, 1.165) is 25.7 Å². The van der Waals surface area contributed by atoms with Crippen LogP contribution in [0.1, 0.15) is 46.5 Å². The molecular formula is C18H26N2O3. The Kier molecular flexibility index (Phi) is 6.02. The van der Waals surface area contributed by atoms with Gasteiger partial charge < -0.3 is 15.0 Å². The molecule has 1 aliphatic rings. The van der Waals surface area contributed by atoms with Crippen LogP contribution < -0.4 is 10.1 Å². The molecule has 1 aliphatic carbocycles. The average Bonchev–Trinajstić information content (AvgIpc) is 3.00. The van der Waals surface area contributed by atoms with Gasteiger partial charge in [0.1, 0.15) is 12.3 Å². The number of benzene rings is 1. The smallest absolute Gasteiger partial charge is 0.244 e. The van der Waals surface area contributed by atoms with Crippen LogP contribution in [0.15, 0.2) is 24.3 Å². The fraction of sp³-hybridized carbons (Fsp3) is 0.556. The molecule has 0 radical (unpaired) electrons. The highest BCUT2D eigenvalue weighted by Crippen LogP contribution is 2.26. The number of nitrogens with one attached hydrogen (secondary N) is 1. The van der Waals surface area contributed by atoms with E-state index in [9.17, 15) is 9.59 Å². The summed E-state index contributed by atoms with van der Waals surface area (Å²) in [5.74, 6) is 0.414. The Labute approximate surface area is 138 Å². The summed E-state index contributed by atoms with van der Waals surface area (Å²) in [5, 5.41) is 2.87. The zero-order valence-electron chi connectivity index (χ0n) is 14.2. The molecule has 1 saturated carbocycles. The zero-order valence-corrected chi connectivity index (χ0v) is 14.2. The van der Waals surface area contributed by atoms with Crippen molar-refractivity contribution in [1.82, 2.24) is 4.90 Å². The van der Waals surface area contributed by atoms with Crippen molar-refractivity contribution in [2.45, 2.75) is 58.6 Å². The van der Waals surface area contributed by atoms with Gasteiger partial charge in [0.15, 0.2) is 0 Å². The SMILES string of the molecule is CC(=O)N(CC(=O)Nc1ccccc1OC(C)C)C1CCCC1. The summed E-state index contributed by atoms with van der Waals surface area (Å²) >= 11 is 0. The third-order valence-corrected chi connectivity index (χ3v) is 4.01. The van der Waals surface area contributed by atoms with Crippen molar-refractivity contribution in [3.05, 3.63) is 24.3 Å². The van der Waals surface area contributed by atoms with Gasteiger partial charge in [0.2, 0.25) is 11.8 Å². The molecule has 2 amide bonds. The summed E-state index contributed by atoms with van der Waals surface area (Å²) < 4.78 is 5.70. The molecule has 2 rings (SSSR count). The molecule has 0 aliphatic heterocycles. The molecular weight excluding hydrogens is 292 g/mol. The number of para-hydroxylation sites is 2. The highest BCUT2D eigenvalue weighted by Gasteiger charge is 2.26. The first-order valence-corrected chi connectivity index (χ1v) is 8.30. The van der Waals surface area contributed by atoms with Gasteiger partial charge >= 0.3 is 0 Å². The molecule has 1 aromatic rings. The first-order chi connectivity index (χ1) is 11.0. The Morgan fingerprint density at radius 1 is 1.26 bits per heavy atom. The van der Waals surface area contributed by atoms with Crippen LogP contribution in [0.25, 0.3) is 0 Å². The molecule has 0 bridgehead atoms. The highest BCUT2D eigenvalue weighted by molar-refractivity contribution is 5.95. The zero-order chi connectivity index (χ0) is 16.8. The molecule has 0 aromatic heterocycles. The number of amides is 2. The standard InChI is InChI=1S/C18H26N2O3/c1-13(2)23-17-11-7-6-10-16(17)19-18(22)12-20(14(3)21)15-8-4-5-9-15/h6-7,10-11,13,15H,4-5,8-9,12H2,1-3H3,(H,19,22). The number of anilines is 1. The molecule has 1 N–H and O–H groups in total. The minimum absolute atomic E-state index is 0.0280. The topological polar surface area (TPSA) is 58.6 Å². The van der Waals surface area contributed by atoms with Crippen LogP contribution in [-0.4, -0.2) is 35.4 Å². The summed E-state index contributed by atoms with van der Waals surface area (Å²) in [6, 6.07) is 7.55. The molecule has 0 heterocycles. The Bertz CT molecular complexity index is 551. The second-order valence-corrected chi connectivity index (χ2v) is 6.30. The van der Waals surface area contributed by atoms with E-state index in [2.05, 4.69) is 5.32 Å². The Hall–Kier alpha value is -2.04. The Morgan fingerprint density at radius 2 is 1.91 bits per heavy atom. The second kappa shape index (κ2) is 7.99. The lowest BCUT2D eigenvalue weighted by Crippen LogP contribution is -2.42. The van der Waals surface area contributed by atoms with Gasteiger partial charge in [0, 0.05) is 13.0 Å². The van der Waals surface area contributed by atoms with Crippen LogP contribution in [0, 0.1) is 0 Å². The van der Waals surface area contributed by atoms with E-state index in [0.29, 0.717) is 11.4 Å². The molecule has 0 spiro atoms. The summed E-state index contributed by atoms with van der Waals surface area (Å²) in [4.78, 5) is 25.9. The van der Waals surface area contributed by atoms with Crippen LogP contribution in [0.2, 0.25) is 0 Å². The molecule has 126 valence electrons. The third-order valence-electron chi connectivity index (χ3n) is 4.01. The van der Waals surface area contributed by atoms with Crippen LogP contribution in [0.5, 0.6) is 5.75 Å². The molecule has 1 aromatic carbocycles. The number of carbonyl (C=O) groups excluding carboxylic acids is 2. The third kappa shape index (κ3) is 4.98. The van der Waals surface area contributed by atoms with Crippen LogP contribution in [0.4, 0.5) is 5.69 Å². The quantitative estimate of drug-likeness (QED) is 0.876. The normalized spacial score (nSPS) is 14.8. The Morgan fingerprint density at radius 3 is 2.52 bits per heavy atom. The molecule has 0 unspecified atom stereocenters. The van der Waals surface area contributed by atoms with Crippen LogP contribution >= 0.6 is 0 Å². The van der Waals surface area contributed by atoms with E-state index in [1.54, 1.807) is 4.90 Å². The molecule has 1 fully saturated rings. The maximum Gasteiger partial charge on any atom is 0.244 e. The van der Waals surface area contributed by atoms with Crippen molar-refractivity contribution in [1.29, 1.82) is 0 Å². The monoisotopic (exact) mass is 318 g/mol. The molecule has 0 atom stereocenters. The lowest BCUT2D eigenvalue weighted by molar-refractivity contribution is -0.135. The number of rotatable bonds is 6. The maximum atomic E-state index is 12.4. The minimum atomic E-state index is -0.188. The van der Waals surface area contributed by atoms with Crippen molar-refractivity contribution in [2.75, 3.05) is 11.9 Å². The minimum Gasteiger partial charge on any atom is -0.489 e. The number of hydrogen-bond donors (Lipinski definition) is 1. The van der Waals surface area contributed by atoms with Crippen molar-refractivity contribution in [3.8, 4) is 5.75 Å². The van der Waals surface area contributed by atoms with E-state index >= 15 is 0 Å². The fourth-order valence-electron chi connectivity index (χ4n) is 2.98. The lowest BCUT2D eigenvalue weighted by atomic mass is 10.2. The van der Waals surface area contributed by atoms with Crippen molar-refractivity contribution in [2.24, 2.45) is 0 Å². The van der Waals surface area contributed by atoms with Gasteiger partial charge in [-0.2, -0.15) is 0 Å². The van der Waals surface area contributed by atoms with Gasteiger partial charge in [-0.25, -0.2) is 0 Å². The summed E-state index contributed by atoms with van der Waals surface area (Å²) in [6.45, 7) is 5.50. The van der Waals surface area contributed by atoms with Gasteiger partial charge in [-0.15, -0.1) is 0 Å². The van der Waals surface area contributed by atoms with Crippen molar-refractivity contribution >= 4 is 17.5 Å². The van der Waals surface area contributed by atoms with Gasteiger partial charge in [0.25, 0.3) is 0 Å². The predicted molar refractivity (Wildman–Crippen MR) is 90.5 cm³/mol. The van der Waals surface area contributed by atoms with E-state index in [1.807, 2.05) is 38.1 Å². The van der Waals surface area contributed by atoms with Crippen LogP contribution in [-0.2, 0) is 9.59 Å². The van der Waals surface area contributed by atoms with E-state index in [-0.39, 0.29) is 30.5 Å². The first kappa shape index (κ1) is 17.3. The molecule has 5 nitrogen and oxygen atoms in total. The first-order valence-electron chi connectivity index (χ1n) is 8.30. The number of ether oxygens (including phenoxy) is 1. The van der Waals surface area contributed by atoms with Crippen molar-refractivity contribution in [3.63, 3.8) is 0 Å². The fourth-order valence-corrected chi connectivity index (χ4v) is 2.98. The van der Waals surface area contributed by atoms with Crippen molar-refractivity contribution < 1.29 is 14.3 Å². The Balaban J connectivity index is 2.02. The van der Waals surface area contributed by atoms with E-state index in [1.165, 1.54) is 6.92 Å². The largest absolute Gasteiger partial charge is 0.489 e. The van der Waals surface area contributed by atoms with E-state index in [4.69, 9.17) is 4.74 Å². The number of hydrogen-bond acceptors (Lipinski definition) is 3. The van der Waals surface area contributed by atoms with Gasteiger partial charge in [-0.3, -0.25) is 9.59 Å². The van der Waals surface area contributed by atoms with Gasteiger partial charge in [-0.1, -0.05) is 25.0 Å². The summed E-state index contributed by atoms with van der Waals surface area (Å²) in [5.41, 5.74) is 0.640. The number of nitrogens with zero attached hydrogens (tertiary/aromatic N) is 1. The molecule has 23 heavy (non-hydrogen) atoms. The van der Waals surface area contributed by atoms with Gasteiger partial charge in [-0.05, 0) is 38.8 Å². The van der Waals surface area contributed by atoms with Gasteiger partial charge in [0.05, 0.1) is 11.8 Å². The predicted octanol–water partition coefficient (Wildman–Crippen LogP) is 3.20. The van der Waals surface area contributed by atoms with E-state index < -0.39 is 0 Å². The molecule has 0 saturated heterocycles.